The van der Waals surface area contributed by atoms with Gasteiger partial charge < -0.3 is 19.3 Å². The topological polar surface area (TPSA) is 77.4 Å². The summed E-state index contributed by atoms with van der Waals surface area (Å²) in [6.07, 6.45) is 1.75. The summed E-state index contributed by atoms with van der Waals surface area (Å²) in [5, 5.41) is 11.2. The Kier molecular flexibility index (Phi) is 6.84. The Morgan fingerprint density at radius 3 is 2.60 bits per heavy atom. The van der Waals surface area contributed by atoms with Crippen molar-refractivity contribution in [1.29, 1.82) is 0 Å². The number of ether oxygens (including phenoxy) is 3. The maximum absolute atomic E-state index is 12.5. The van der Waals surface area contributed by atoms with Crippen LogP contribution in [0, 0.1) is 6.92 Å². The molecule has 1 aliphatic rings. The number of benzene rings is 2. The SMILES string of the molecule is CCOC(=O)C1=C(O)/C(=C\c2ccc(OC)cc2OC)SC1=Nc1ccccc1C. The summed E-state index contributed by atoms with van der Waals surface area (Å²) >= 11 is 1.21. The van der Waals surface area contributed by atoms with E-state index in [9.17, 15) is 9.90 Å². The minimum absolute atomic E-state index is 0.0591. The fourth-order valence-electron chi connectivity index (χ4n) is 2.87. The number of thioether (sulfide) groups is 1. The van der Waals surface area contributed by atoms with Crippen LogP contribution in [-0.4, -0.2) is 36.9 Å². The van der Waals surface area contributed by atoms with Crippen LogP contribution in [0.1, 0.15) is 18.1 Å². The molecule has 7 heteroatoms. The van der Waals surface area contributed by atoms with Crippen LogP contribution in [0.2, 0.25) is 0 Å². The predicted octanol–water partition coefficient (Wildman–Crippen LogP) is 5.21. The summed E-state index contributed by atoms with van der Waals surface area (Å²) in [7, 11) is 3.14. The molecule has 0 bridgehead atoms. The first-order valence-corrected chi connectivity index (χ1v) is 10.2. The molecule has 0 spiro atoms. The number of carbonyl (C=O) groups excluding carboxylic acids is 1. The van der Waals surface area contributed by atoms with Crippen molar-refractivity contribution in [3.63, 3.8) is 0 Å². The molecule has 0 aliphatic carbocycles. The zero-order chi connectivity index (χ0) is 21.7. The summed E-state index contributed by atoms with van der Waals surface area (Å²) in [6, 6.07) is 13.0. The van der Waals surface area contributed by atoms with Crippen molar-refractivity contribution in [2.75, 3.05) is 20.8 Å². The largest absolute Gasteiger partial charge is 0.506 e. The van der Waals surface area contributed by atoms with Crippen LogP contribution in [0.15, 0.2) is 63.7 Å². The zero-order valence-electron chi connectivity index (χ0n) is 17.3. The van der Waals surface area contributed by atoms with Crippen molar-refractivity contribution in [3.05, 3.63) is 69.8 Å². The molecule has 0 fully saturated rings. The second kappa shape index (κ2) is 9.54. The van der Waals surface area contributed by atoms with Gasteiger partial charge in [-0.1, -0.05) is 30.0 Å². The van der Waals surface area contributed by atoms with Gasteiger partial charge in [-0.15, -0.1) is 0 Å². The van der Waals surface area contributed by atoms with Gasteiger partial charge in [-0.2, -0.15) is 0 Å². The van der Waals surface area contributed by atoms with Crippen molar-refractivity contribution >= 4 is 34.5 Å². The molecule has 2 aromatic carbocycles. The average molecular weight is 426 g/mol. The highest BCUT2D eigenvalue weighted by molar-refractivity contribution is 8.18. The Balaban J connectivity index is 2.08. The van der Waals surface area contributed by atoms with Gasteiger partial charge in [0.1, 0.15) is 27.9 Å². The fraction of sp³-hybridized carbons (Fsp3) is 0.217. The Bertz CT molecular complexity index is 1060. The van der Waals surface area contributed by atoms with E-state index >= 15 is 0 Å². The molecule has 156 valence electrons. The average Bonchev–Trinajstić information content (AvgIpc) is 3.05. The number of esters is 1. The number of nitrogens with zero attached hydrogens (tertiary/aromatic N) is 1. The van der Waals surface area contributed by atoms with Crippen molar-refractivity contribution in [1.82, 2.24) is 0 Å². The fourth-order valence-corrected chi connectivity index (χ4v) is 3.89. The second-order valence-corrected chi connectivity index (χ2v) is 7.40. The van der Waals surface area contributed by atoms with E-state index in [2.05, 4.69) is 4.99 Å². The van der Waals surface area contributed by atoms with Crippen LogP contribution in [0.25, 0.3) is 6.08 Å². The van der Waals surface area contributed by atoms with Crippen LogP contribution in [-0.2, 0) is 9.53 Å². The lowest BCUT2D eigenvalue weighted by molar-refractivity contribution is -0.138. The molecule has 0 aromatic heterocycles. The highest BCUT2D eigenvalue weighted by Gasteiger charge is 2.33. The van der Waals surface area contributed by atoms with E-state index in [0.717, 1.165) is 16.8 Å². The van der Waals surface area contributed by atoms with Gasteiger partial charge in [0.2, 0.25) is 0 Å². The van der Waals surface area contributed by atoms with Crippen LogP contribution in [0.3, 0.4) is 0 Å². The number of hydrogen-bond acceptors (Lipinski definition) is 7. The Labute approximate surface area is 179 Å². The van der Waals surface area contributed by atoms with Gasteiger partial charge in [-0.25, -0.2) is 9.79 Å². The molecule has 0 saturated heterocycles. The van der Waals surface area contributed by atoms with E-state index in [1.54, 1.807) is 39.4 Å². The Morgan fingerprint density at radius 2 is 1.93 bits per heavy atom. The van der Waals surface area contributed by atoms with E-state index in [-0.39, 0.29) is 17.9 Å². The lowest BCUT2D eigenvalue weighted by Crippen LogP contribution is -2.12. The number of aliphatic hydroxyl groups is 1. The number of aliphatic hydroxyl groups excluding tert-OH is 1. The molecule has 1 heterocycles. The molecule has 30 heavy (non-hydrogen) atoms. The van der Waals surface area contributed by atoms with Gasteiger partial charge >= 0.3 is 5.97 Å². The van der Waals surface area contributed by atoms with Gasteiger partial charge in [-0.05, 0) is 43.7 Å². The third kappa shape index (κ3) is 4.52. The molecule has 0 saturated carbocycles. The Morgan fingerprint density at radius 1 is 1.17 bits per heavy atom. The maximum Gasteiger partial charge on any atom is 0.344 e. The number of carbonyl (C=O) groups is 1. The molecule has 0 radical (unpaired) electrons. The predicted molar refractivity (Wildman–Crippen MR) is 120 cm³/mol. The van der Waals surface area contributed by atoms with Gasteiger partial charge in [0.15, 0.2) is 0 Å². The highest BCUT2D eigenvalue weighted by atomic mass is 32.2. The van der Waals surface area contributed by atoms with Crippen molar-refractivity contribution in [2.24, 2.45) is 4.99 Å². The van der Waals surface area contributed by atoms with Gasteiger partial charge in [0, 0.05) is 11.6 Å². The first-order valence-electron chi connectivity index (χ1n) is 9.35. The van der Waals surface area contributed by atoms with Crippen LogP contribution in [0.4, 0.5) is 5.69 Å². The first kappa shape index (κ1) is 21.5. The van der Waals surface area contributed by atoms with E-state index < -0.39 is 5.97 Å². The number of methoxy groups -OCH3 is 2. The summed E-state index contributed by atoms with van der Waals surface area (Å²) in [5.74, 6) is 0.461. The van der Waals surface area contributed by atoms with Crippen LogP contribution < -0.4 is 9.47 Å². The minimum atomic E-state index is -0.611. The number of aryl methyl sites for hydroxylation is 1. The molecule has 0 amide bonds. The number of para-hydroxylation sites is 1. The first-order chi connectivity index (χ1) is 14.5. The van der Waals surface area contributed by atoms with Crippen molar-refractivity contribution in [3.8, 4) is 11.5 Å². The monoisotopic (exact) mass is 425 g/mol. The standard InChI is InChI=1S/C23H23NO5S/c1-5-29-23(26)20-21(25)19(12-15-10-11-16(27-3)13-18(15)28-4)30-22(20)24-17-9-7-6-8-14(17)2/h6-13,25H,5H2,1-4H3/b19-12+,24-22?. The molecule has 6 nitrogen and oxygen atoms in total. The van der Waals surface area contributed by atoms with Gasteiger partial charge in [0.25, 0.3) is 0 Å². The van der Waals surface area contributed by atoms with E-state index in [1.807, 2.05) is 37.3 Å². The normalized spacial score (nSPS) is 16.3. The number of rotatable bonds is 6. The summed E-state index contributed by atoms with van der Waals surface area (Å²) < 4.78 is 15.8. The minimum Gasteiger partial charge on any atom is -0.506 e. The quantitative estimate of drug-likeness (QED) is 0.641. The van der Waals surface area contributed by atoms with Gasteiger partial charge in [0.05, 0.1) is 31.4 Å². The zero-order valence-corrected chi connectivity index (χ0v) is 18.1. The van der Waals surface area contributed by atoms with E-state index in [0.29, 0.717) is 21.4 Å². The lowest BCUT2D eigenvalue weighted by atomic mass is 10.1. The molecule has 0 atom stereocenters. The smallest absolute Gasteiger partial charge is 0.344 e. The second-order valence-electron chi connectivity index (χ2n) is 6.37. The van der Waals surface area contributed by atoms with Crippen LogP contribution >= 0.6 is 11.8 Å². The van der Waals surface area contributed by atoms with Crippen LogP contribution in [0.5, 0.6) is 11.5 Å². The van der Waals surface area contributed by atoms with Crippen molar-refractivity contribution in [2.45, 2.75) is 13.8 Å². The van der Waals surface area contributed by atoms with Gasteiger partial charge in [-0.3, -0.25) is 0 Å². The lowest BCUT2D eigenvalue weighted by Gasteiger charge is -2.08. The summed E-state index contributed by atoms with van der Waals surface area (Å²) in [4.78, 5) is 17.6. The number of hydrogen-bond donors (Lipinski definition) is 1. The van der Waals surface area contributed by atoms with E-state index in [1.165, 1.54) is 11.8 Å². The third-order valence-electron chi connectivity index (χ3n) is 4.43. The highest BCUT2D eigenvalue weighted by Crippen LogP contribution is 2.41. The maximum atomic E-state index is 12.5. The molecule has 1 aliphatic heterocycles. The Hall–Kier alpha value is -3.19. The molecule has 1 N–H and O–H groups in total. The molecular formula is C23H23NO5S. The number of aliphatic imine (C=N–C) groups is 1. The molecule has 3 rings (SSSR count). The summed E-state index contributed by atoms with van der Waals surface area (Å²) in [5.41, 5.74) is 2.47. The summed E-state index contributed by atoms with van der Waals surface area (Å²) in [6.45, 7) is 3.85. The molecule has 2 aromatic rings. The third-order valence-corrected chi connectivity index (χ3v) is 5.45. The van der Waals surface area contributed by atoms with Crippen molar-refractivity contribution < 1.29 is 24.1 Å². The van der Waals surface area contributed by atoms with E-state index in [4.69, 9.17) is 14.2 Å². The molecular weight excluding hydrogens is 402 g/mol. The molecule has 0 unspecified atom stereocenters.